The van der Waals surface area contributed by atoms with E-state index in [2.05, 4.69) is 31.5 Å². The normalized spacial score (nSPS) is 15.1. The highest BCUT2D eigenvalue weighted by molar-refractivity contribution is 9.10. The Kier molecular flexibility index (Phi) is 9.52. The van der Waals surface area contributed by atoms with Crippen molar-refractivity contribution in [2.24, 2.45) is 0 Å². The maximum absolute atomic E-state index is 13.1. The number of hydrogen-bond donors (Lipinski definition) is 2. The molecule has 172 valence electrons. The van der Waals surface area contributed by atoms with Crippen LogP contribution >= 0.6 is 15.9 Å². The molecule has 0 bridgehead atoms. The van der Waals surface area contributed by atoms with Crippen molar-refractivity contribution in [2.45, 2.75) is 19.4 Å². The fourth-order valence-electron chi connectivity index (χ4n) is 3.60. The highest BCUT2D eigenvalue weighted by atomic mass is 79.9. The minimum atomic E-state index is -0.232. The number of nitrogens with zero attached hydrogens (tertiary/aromatic N) is 2. The minimum Gasteiger partial charge on any atom is -0.379 e. The number of carbonyl (C=O) groups excluding carboxylic acids is 2. The molecule has 0 spiro atoms. The summed E-state index contributed by atoms with van der Waals surface area (Å²) in [6.45, 7) is 6.99. The van der Waals surface area contributed by atoms with Crippen molar-refractivity contribution >= 4 is 33.6 Å². The molecule has 1 saturated heterocycles. The highest BCUT2D eigenvalue weighted by Gasteiger charge is 2.22. The van der Waals surface area contributed by atoms with Gasteiger partial charge in [0.05, 0.1) is 19.3 Å². The second-order valence-electron chi connectivity index (χ2n) is 7.77. The summed E-state index contributed by atoms with van der Waals surface area (Å²) in [4.78, 5) is 29.5. The zero-order valence-electron chi connectivity index (χ0n) is 18.4. The van der Waals surface area contributed by atoms with Gasteiger partial charge in [0.2, 0.25) is 5.91 Å². The third-order valence-electron chi connectivity index (χ3n) is 5.54. The second kappa shape index (κ2) is 12.6. The number of morpholine rings is 1. The molecule has 1 unspecified atom stereocenters. The zero-order valence-corrected chi connectivity index (χ0v) is 20.0. The fourth-order valence-corrected chi connectivity index (χ4v) is 3.86. The summed E-state index contributed by atoms with van der Waals surface area (Å²) >= 11 is 3.40. The Bertz CT molecular complexity index is 857. The second-order valence-corrected chi connectivity index (χ2v) is 8.69. The van der Waals surface area contributed by atoms with Crippen LogP contribution in [0.2, 0.25) is 0 Å². The Morgan fingerprint density at radius 3 is 2.47 bits per heavy atom. The monoisotopic (exact) mass is 502 g/mol. The maximum atomic E-state index is 13.1. The Hall–Kier alpha value is -2.42. The van der Waals surface area contributed by atoms with E-state index in [1.807, 2.05) is 61.5 Å². The minimum absolute atomic E-state index is 0.0556. The molecule has 3 rings (SSSR count). The van der Waals surface area contributed by atoms with Gasteiger partial charge in [-0.1, -0.05) is 46.3 Å². The average molecular weight is 503 g/mol. The third-order valence-corrected chi connectivity index (χ3v) is 6.07. The van der Waals surface area contributed by atoms with Gasteiger partial charge in [-0.05, 0) is 36.8 Å². The molecule has 1 aliphatic heterocycles. The van der Waals surface area contributed by atoms with Crippen LogP contribution in [0.4, 0.5) is 10.5 Å². The molecular formula is C24H31BrN4O3. The largest absolute Gasteiger partial charge is 0.379 e. The zero-order chi connectivity index (χ0) is 22.8. The first kappa shape index (κ1) is 24.2. The number of amides is 3. The smallest absolute Gasteiger partial charge is 0.322 e. The van der Waals surface area contributed by atoms with Gasteiger partial charge in [0.15, 0.2) is 0 Å². The van der Waals surface area contributed by atoms with Crippen molar-refractivity contribution in [3.05, 3.63) is 64.6 Å². The maximum Gasteiger partial charge on any atom is 0.322 e. The van der Waals surface area contributed by atoms with Crippen LogP contribution in [0.5, 0.6) is 0 Å². The number of carbonyl (C=O) groups is 2. The molecule has 2 N–H and O–H groups in total. The van der Waals surface area contributed by atoms with Crippen molar-refractivity contribution in [1.29, 1.82) is 0 Å². The molecule has 2 aromatic carbocycles. The number of urea groups is 1. The van der Waals surface area contributed by atoms with E-state index in [4.69, 9.17) is 4.74 Å². The predicted octanol–water partition coefficient (Wildman–Crippen LogP) is 3.88. The van der Waals surface area contributed by atoms with E-state index in [0.717, 1.165) is 42.9 Å². The van der Waals surface area contributed by atoms with Crippen LogP contribution in [0.1, 0.15) is 24.9 Å². The standard InChI is InChI=1S/C24H31BrN4O3/c1-19(20-5-3-2-4-6-20)29(24(31)27-22-9-7-21(25)8-10-22)13-11-23(30)26-12-14-28-15-17-32-18-16-28/h2-10,19H,11-18H2,1H3,(H,26,30)(H,27,31). The molecule has 32 heavy (non-hydrogen) atoms. The topological polar surface area (TPSA) is 73.9 Å². The Balaban J connectivity index is 1.56. The van der Waals surface area contributed by atoms with Crippen LogP contribution in [0, 0.1) is 0 Å². The first-order valence-corrected chi connectivity index (χ1v) is 11.8. The van der Waals surface area contributed by atoms with E-state index in [1.54, 1.807) is 4.90 Å². The molecule has 1 heterocycles. The van der Waals surface area contributed by atoms with E-state index < -0.39 is 0 Å². The molecule has 0 radical (unpaired) electrons. The number of anilines is 1. The van der Waals surface area contributed by atoms with Gasteiger partial charge in [0.25, 0.3) is 0 Å². The molecule has 0 saturated carbocycles. The number of halogens is 1. The molecule has 1 fully saturated rings. The van der Waals surface area contributed by atoms with Gasteiger partial charge < -0.3 is 20.3 Å². The molecule has 1 aliphatic rings. The summed E-state index contributed by atoms with van der Waals surface area (Å²) in [6, 6.07) is 16.9. The Morgan fingerprint density at radius 1 is 1.09 bits per heavy atom. The van der Waals surface area contributed by atoms with E-state index >= 15 is 0 Å². The summed E-state index contributed by atoms with van der Waals surface area (Å²) in [5.74, 6) is -0.0556. The average Bonchev–Trinajstić information content (AvgIpc) is 2.82. The lowest BCUT2D eigenvalue weighted by Gasteiger charge is -2.30. The number of benzene rings is 2. The van der Waals surface area contributed by atoms with Gasteiger partial charge in [0, 0.05) is 49.3 Å². The van der Waals surface area contributed by atoms with Crippen LogP contribution < -0.4 is 10.6 Å². The number of hydrogen-bond acceptors (Lipinski definition) is 4. The molecule has 2 aromatic rings. The van der Waals surface area contributed by atoms with Gasteiger partial charge in [-0.3, -0.25) is 9.69 Å². The molecule has 8 heteroatoms. The fraction of sp³-hybridized carbons (Fsp3) is 0.417. The molecule has 0 aliphatic carbocycles. The van der Waals surface area contributed by atoms with Crippen molar-refractivity contribution in [2.75, 3.05) is 51.3 Å². The lowest BCUT2D eigenvalue weighted by Crippen LogP contribution is -2.42. The summed E-state index contributed by atoms with van der Waals surface area (Å²) in [7, 11) is 0. The quantitative estimate of drug-likeness (QED) is 0.545. The summed E-state index contributed by atoms with van der Waals surface area (Å²) < 4.78 is 6.29. The van der Waals surface area contributed by atoms with Crippen molar-refractivity contribution in [3.63, 3.8) is 0 Å². The summed E-state index contributed by atoms with van der Waals surface area (Å²) in [5.41, 5.74) is 1.73. The number of nitrogens with one attached hydrogen (secondary N) is 2. The van der Waals surface area contributed by atoms with Gasteiger partial charge in [-0.2, -0.15) is 0 Å². The van der Waals surface area contributed by atoms with Crippen LogP contribution in [-0.2, 0) is 9.53 Å². The van der Waals surface area contributed by atoms with E-state index in [9.17, 15) is 9.59 Å². The lowest BCUT2D eigenvalue weighted by molar-refractivity contribution is -0.121. The van der Waals surface area contributed by atoms with Crippen molar-refractivity contribution in [1.82, 2.24) is 15.1 Å². The summed E-state index contributed by atoms with van der Waals surface area (Å²) in [6.07, 6.45) is 0.244. The molecular weight excluding hydrogens is 472 g/mol. The number of ether oxygens (including phenoxy) is 1. The van der Waals surface area contributed by atoms with Crippen molar-refractivity contribution in [3.8, 4) is 0 Å². The Morgan fingerprint density at radius 2 is 1.78 bits per heavy atom. The lowest BCUT2D eigenvalue weighted by atomic mass is 10.1. The Labute approximate surface area is 198 Å². The first-order valence-electron chi connectivity index (χ1n) is 11.0. The van der Waals surface area contributed by atoms with Gasteiger partial charge in [-0.15, -0.1) is 0 Å². The summed E-state index contributed by atoms with van der Waals surface area (Å²) in [5, 5.41) is 5.92. The van der Waals surface area contributed by atoms with Gasteiger partial charge in [-0.25, -0.2) is 4.79 Å². The predicted molar refractivity (Wildman–Crippen MR) is 130 cm³/mol. The van der Waals surface area contributed by atoms with Crippen LogP contribution in [-0.4, -0.2) is 67.7 Å². The van der Waals surface area contributed by atoms with E-state index in [0.29, 0.717) is 18.8 Å². The van der Waals surface area contributed by atoms with E-state index in [-0.39, 0.29) is 24.4 Å². The number of rotatable bonds is 9. The van der Waals surface area contributed by atoms with Crippen LogP contribution in [0.15, 0.2) is 59.1 Å². The van der Waals surface area contributed by atoms with Crippen molar-refractivity contribution < 1.29 is 14.3 Å². The SMILES string of the molecule is CC(c1ccccc1)N(CCC(=O)NCCN1CCOCC1)C(=O)Nc1ccc(Br)cc1. The molecule has 3 amide bonds. The molecule has 7 nitrogen and oxygen atoms in total. The molecule has 1 atom stereocenters. The van der Waals surface area contributed by atoms with Gasteiger partial charge in [0.1, 0.15) is 0 Å². The first-order chi connectivity index (χ1) is 15.5. The third kappa shape index (κ3) is 7.62. The van der Waals surface area contributed by atoms with Crippen LogP contribution in [0.25, 0.3) is 0 Å². The highest BCUT2D eigenvalue weighted by Crippen LogP contribution is 2.22. The molecule has 0 aromatic heterocycles. The van der Waals surface area contributed by atoms with E-state index in [1.165, 1.54) is 0 Å². The van der Waals surface area contributed by atoms with Gasteiger partial charge >= 0.3 is 6.03 Å². The van der Waals surface area contributed by atoms with Crippen LogP contribution in [0.3, 0.4) is 0 Å².